The number of esters is 1. The molecule has 1 N–H and O–H groups in total. The first kappa shape index (κ1) is 19.6. The van der Waals surface area contributed by atoms with Crippen LogP contribution in [-0.2, 0) is 14.3 Å². The lowest BCUT2D eigenvalue weighted by Gasteiger charge is -2.09. The predicted molar refractivity (Wildman–Crippen MR) is 98.9 cm³/mol. The first-order valence-electron chi connectivity index (χ1n) is 8.05. The van der Waals surface area contributed by atoms with Crippen LogP contribution in [0.25, 0.3) is 0 Å². The second-order valence-electron chi connectivity index (χ2n) is 5.37. The SMILES string of the molecule is CCOc1ccc(OCC(=O)OCC(=O)Nc2ccc(C)c(Cl)c2)cc1. The van der Waals surface area contributed by atoms with Gasteiger partial charge in [0.15, 0.2) is 13.2 Å². The van der Waals surface area contributed by atoms with Crippen LogP contribution >= 0.6 is 11.6 Å². The molecular formula is C19H20ClNO5. The van der Waals surface area contributed by atoms with Crippen molar-refractivity contribution in [2.75, 3.05) is 25.1 Å². The molecule has 0 fully saturated rings. The second-order valence-corrected chi connectivity index (χ2v) is 5.77. The Morgan fingerprint density at radius 2 is 1.65 bits per heavy atom. The molecule has 26 heavy (non-hydrogen) atoms. The molecule has 0 saturated heterocycles. The van der Waals surface area contributed by atoms with Gasteiger partial charge in [0.25, 0.3) is 5.91 Å². The maximum Gasteiger partial charge on any atom is 0.344 e. The van der Waals surface area contributed by atoms with Crippen molar-refractivity contribution >= 4 is 29.2 Å². The Morgan fingerprint density at radius 3 is 2.27 bits per heavy atom. The van der Waals surface area contributed by atoms with Gasteiger partial charge in [-0.1, -0.05) is 17.7 Å². The largest absolute Gasteiger partial charge is 0.494 e. The van der Waals surface area contributed by atoms with E-state index in [1.807, 2.05) is 13.8 Å². The highest BCUT2D eigenvalue weighted by molar-refractivity contribution is 6.31. The second kappa shape index (κ2) is 9.68. The van der Waals surface area contributed by atoms with E-state index in [1.165, 1.54) is 0 Å². The van der Waals surface area contributed by atoms with Gasteiger partial charge in [-0.3, -0.25) is 4.79 Å². The molecule has 138 valence electrons. The minimum Gasteiger partial charge on any atom is -0.494 e. The van der Waals surface area contributed by atoms with Crippen molar-refractivity contribution in [2.45, 2.75) is 13.8 Å². The van der Waals surface area contributed by atoms with Crippen LogP contribution in [0.1, 0.15) is 12.5 Å². The van der Waals surface area contributed by atoms with Crippen molar-refractivity contribution < 1.29 is 23.8 Å². The molecule has 1 amide bonds. The van der Waals surface area contributed by atoms with Gasteiger partial charge in [-0.2, -0.15) is 0 Å². The molecule has 6 nitrogen and oxygen atoms in total. The Bertz CT molecular complexity index is 761. The van der Waals surface area contributed by atoms with Gasteiger partial charge in [0, 0.05) is 10.7 Å². The van der Waals surface area contributed by atoms with E-state index in [0.717, 1.165) is 11.3 Å². The summed E-state index contributed by atoms with van der Waals surface area (Å²) in [4.78, 5) is 23.5. The van der Waals surface area contributed by atoms with Crippen LogP contribution in [-0.4, -0.2) is 31.7 Å². The molecule has 2 rings (SSSR count). The van der Waals surface area contributed by atoms with E-state index in [0.29, 0.717) is 23.1 Å². The summed E-state index contributed by atoms with van der Waals surface area (Å²) in [6, 6.07) is 12.0. The van der Waals surface area contributed by atoms with E-state index in [-0.39, 0.29) is 6.61 Å². The molecule has 2 aromatic rings. The van der Waals surface area contributed by atoms with Crippen LogP contribution in [0.3, 0.4) is 0 Å². The first-order chi connectivity index (χ1) is 12.5. The standard InChI is InChI=1S/C19H20ClNO5/c1-3-24-15-6-8-16(9-7-15)25-12-19(23)26-11-18(22)21-14-5-4-13(2)17(20)10-14/h4-10H,3,11-12H2,1-2H3,(H,21,22). The fourth-order valence-electron chi connectivity index (χ4n) is 2.00. The maximum atomic E-state index is 11.8. The smallest absolute Gasteiger partial charge is 0.344 e. The number of carbonyl (C=O) groups is 2. The molecule has 0 unspecified atom stereocenters. The number of hydrogen-bond donors (Lipinski definition) is 1. The third kappa shape index (κ3) is 6.29. The maximum absolute atomic E-state index is 11.8. The van der Waals surface area contributed by atoms with Gasteiger partial charge < -0.3 is 19.5 Å². The van der Waals surface area contributed by atoms with Gasteiger partial charge in [0.1, 0.15) is 11.5 Å². The molecule has 0 heterocycles. The molecule has 0 saturated carbocycles. The molecule has 0 aliphatic carbocycles. The zero-order chi connectivity index (χ0) is 18.9. The van der Waals surface area contributed by atoms with Crippen LogP contribution in [0.5, 0.6) is 11.5 Å². The number of hydrogen-bond acceptors (Lipinski definition) is 5. The predicted octanol–water partition coefficient (Wildman–Crippen LogP) is 3.61. The number of benzene rings is 2. The molecule has 7 heteroatoms. The van der Waals surface area contributed by atoms with E-state index in [4.69, 9.17) is 25.8 Å². The minimum atomic E-state index is -0.643. The zero-order valence-electron chi connectivity index (χ0n) is 14.6. The molecule has 0 aliphatic heterocycles. The minimum absolute atomic E-state index is 0.294. The lowest BCUT2D eigenvalue weighted by atomic mass is 10.2. The number of rotatable bonds is 8. The van der Waals surface area contributed by atoms with Crippen molar-refractivity contribution in [3.05, 3.63) is 53.1 Å². The number of ether oxygens (including phenoxy) is 3. The fraction of sp³-hybridized carbons (Fsp3) is 0.263. The summed E-state index contributed by atoms with van der Waals surface area (Å²) in [6.07, 6.45) is 0. The summed E-state index contributed by atoms with van der Waals surface area (Å²) >= 11 is 5.99. The summed E-state index contributed by atoms with van der Waals surface area (Å²) in [5.74, 6) is 0.120. The zero-order valence-corrected chi connectivity index (χ0v) is 15.3. The summed E-state index contributed by atoms with van der Waals surface area (Å²) in [7, 11) is 0. The molecule has 2 aromatic carbocycles. The summed E-state index contributed by atoms with van der Waals surface area (Å²) in [6.45, 7) is 3.63. The van der Waals surface area contributed by atoms with Crippen molar-refractivity contribution in [1.82, 2.24) is 0 Å². The molecule has 0 aromatic heterocycles. The van der Waals surface area contributed by atoms with E-state index in [1.54, 1.807) is 42.5 Å². The van der Waals surface area contributed by atoms with Crippen molar-refractivity contribution in [3.63, 3.8) is 0 Å². The Kier molecular flexibility index (Phi) is 7.29. The van der Waals surface area contributed by atoms with Crippen molar-refractivity contribution in [3.8, 4) is 11.5 Å². The Labute approximate surface area is 157 Å². The van der Waals surface area contributed by atoms with E-state index >= 15 is 0 Å². The van der Waals surface area contributed by atoms with Crippen molar-refractivity contribution in [2.24, 2.45) is 0 Å². The van der Waals surface area contributed by atoms with Gasteiger partial charge in [0.05, 0.1) is 6.61 Å². The third-order valence-electron chi connectivity index (χ3n) is 3.31. The van der Waals surface area contributed by atoms with Crippen LogP contribution in [0, 0.1) is 6.92 Å². The average Bonchev–Trinajstić information content (AvgIpc) is 2.63. The van der Waals surface area contributed by atoms with Crippen LogP contribution in [0.15, 0.2) is 42.5 Å². The van der Waals surface area contributed by atoms with E-state index in [9.17, 15) is 9.59 Å². The highest BCUT2D eigenvalue weighted by Crippen LogP contribution is 2.20. The number of amides is 1. The topological polar surface area (TPSA) is 73.9 Å². The third-order valence-corrected chi connectivity index (χ3v) is 3.72. The number of halogens is 1. The van der Waals surface area contributed by atoms with E-state index in [2.05, 4.69) is 5.32 Å². The van der Waals surface area contributed by atoms with Crippen LogP contribution in [0.2, 0.25) is 5.02 Å². The highest BCUT2D eigenvalue weighted by atomic mass is 35.5. The van der Waals surface area contributed by atoms with Crippen molar-refractivity contribution in [1.29, 1.82) is 0 Å². The average molecular weight is 378 g/mol. The number of aryl methyl sites for hydroxylation is 1. The number of anilines is 1. The monoisotopic (exact) mass is 377 g/mol. The van der Waals surface area contributed by atoms with Gasteiger partial charge in [-0.25, -0.2) is 4.79 Å². The lowest BCUT2D eigenvalue weighted by Crippen LogP contribution is -2.23. The number of nitrogens with one attached hydrogen (secondary N) is 1. The van der Waals surface area contributed by atoms with Gasteiger partial charge >= 0.3 is 5.97 Å². The summed E-state index contributed by atoms with van der Waals surface area (Å²) in [5, 5.41) is 3.15. The molecule has 0 atom stereocenters. The summed E-state index contributed by atoms with van der Waals surface area (Å²) < 4.78 is 15.5. The first-order valence-corrected chi connectivity index (χ1v) is 8.43. The lowest BCUT2D eigenvalue weighted by molar-refractivity contribution is -0.149. The Morgan fingerprint density at radius 1 is 1.00 bits per heavy atom. The Hall–Kier alpha value is -2.73. The molecular weight excluding hydrogens is 358 g/mol. The van der Waals surface area contributed by atoms with Gasteiger partial charge in [-0.15, -0.1) is 0 Å². The molecule has 0 bridgehead atoms. The summed E-state index contributed by atoms with van der Waals surface area (Å²) in [5.41, 5.74) is 1.44. The molecule has 0 spiro atoms. The number of carbonyl (C=O) groups excluding carboxylic acids is 2. The van der Waals surface area contributed by atoms with Gasteiger partial charge in [-0.05, 0) is 55.8 Å². The van der Waals surface area contributed by atoms with Gasteiger partial charge in [0.2, 0.25) is 0 Å². The highest BCUT2D eigenvalue weighted by Gasteiger charge is 2.09. The van der Waals surface area contributed by atoms with Crippen LogP contribution < -0.4 is 14.8 Å². The quantitative estimate of drug-likeness (QED) is 0.711. The van der Waals surface area contributed by atoms with Crippen LogP contribution in [0.4, 0.5) is 5.69 Å². The molecule has 0 aliphatic rings. The normalized spacial score (nSPS) is 10.1. The van der Waals surface area contributed by atoms with E-state index < -0.39 is 18.5 Å². The molecule has 0 radical (unpaired) electrons. The fourth-order valence-corrected chi connectivity index (χ4v) is 2.18. The Balaban J connectivity index is 1.72.